The molecule has 2 aromatic heterocycles. The smallest absolute Gasteiger partial charge is 0.226 e. The van der Waals surface area contributed by atoms with Gasteiger partial charge in [-0.2, -0.15) is 5.10 Å². The summed E-state index contributed by atoms with van der Waals surface area (Å²) >= 11 is 0. The number of nitrogens with zero attached hydrogens (tertiary/aromatic N) is 4. The van der Waals surface area contributed by atoms with Gasteiger partial charge in [0.15, 0.2) is 0 Å². The summed E-state index contributed by atoms with van der Waals surface area (Å²) < 4.78 is 6.97. The fourth-order valence-electron chi connectivity index (χ4n) is 3.84. The molecule has 0 saturated carbocycles. The average Bonchev–Trinajstić information content (AvgIpc) is 3.21. The van der Waals surface area contributed by atoms with Gasteiger partial charge in [0.25, 0.3) is 0 Å². The Morgan fingerprint density at radius 2 is 1.83 bits per heavy atom. The van der Waals surface area contributed by atoms with Crippen molar-refractivity contribution < 1.29 is 9.53 Å². The van der Waals surface area contributed by atoms with Gasteiger partial charge in [0.2, 0.25) is 5.91 Å². The first-order chi connectivity index (χ1) is 14.1. The largest absolute Gasteiger partial charge is 0.497 e. The molecule has 1 aliphatic heterocycles. The van der Waals surface area contributed by atoms with E-state index < -0.39 is 0 Å². The van der Waals surface area contributed by atoms with Crippen LogP contribution in [0.4, 0.5) is 0 Å². The van der Waals surface area contributed by atoms with Gasteiger partial charge in [-0.05, 0) is 36.6 Å². The molecule has 29 heavy (non-hydrogen) atoms. The number of carbonyl (C=O) groups is 1. The fourth-order valence-corrected chi connectivity index (χ4v) is 3.84. The van der Waals surface area contributed by atoms with Gasteiger partial charge >= 0.3 is 0 Å². The van der Waals surface area contributed by atoms with Crippen LogP contribution in [0.3, 0.4) is 0 Å². The zero-order valence-corrected chi connectivity index (χ0v) is 16.9. The molecule has 6 nitrogen and oxygen atoms in total. The second kappa shape index (κ2) is 8.47. The lowest BCUT2D eigenvalue weighted by Gasteiger charge is -2.32. The minimum atomic E-state index is 0.188. The maximum Gasteiger partial charge on any atom is 0.226 e. The summed E-state index contributed by atoms with van der Waals surface area (Å²) in [6.45, 7) is 1.57. The van der Waals surface area contributed by atoms with Crippen molar-refractivity contribution in [3.63, 3.8) is 0 Å². The highest BCUT2D eigenvalue weighted by Gasteiger charge is 2.24. The standard InChI is InChI=1S/C23H26N4O2/c1-26-16-20(15-25-26)19-5-8-22(24-14-19)18-9-11-27(12-10-18)23(28)13-17-3-6-21(29-2)7-4-17/h3-8,14-16,18H,9-13H2,1-2H3. The number of ether oxygens (including phenoxy) is 1. The lowest BCUT2D eigenvalue weighted by molar-refractivity contribution is -0.131. The van der Waals surface area contributed by atoms with Crippen LogP contribution in [0.15, 0.2) is 55.0 Å². The zero-order chi connectivity index (χ0) is 20.2. The molecular formula is C23H26N4O2. The monoisotopic (exact) mass is 390 g/mol. The molecule has 1 aliphatic rings. The number of methoxy groups -OCH3 is 1. The van der Waals surface area contributed by atoms with E-state index in [1.165, 1.54) is 0 Å². The number of aromatic nitrogens is 3. The molecule has 4 rings (SSSR count). The molecule has 1 amide bonds. The third kappa shape index (κ3) is 4.47. The third-order valence-corrected chi connectivity index (χ3v) is 5.60. The van der Waals surface area contributed by atoms with E-state index in [9.17, 15) is 4.79 Å². The Kier molecular flexibility index (Phi) is 5.60. The van der Waals surface area contributed by atoms with Gasteiger partial charge in [-0.15, -0.1) is 0 Å². The first-order valence-corrected chi connectivity index (χ1v) is 9.98. The van der Waals surface area contributed by atoms with Crippen molar-refractivity contribution in [1.82, 2.24) is 19.7 Å². The molecule has 6 heteroatoms. The van der Waals surface area contributed by atoms with E-state index in [4.69, 9.17) is 4.74 Å². The predicted molar refractivity (Wildman–Crippen MR) is 112 cm³/mol. The highest BCUT2D eigenvalue weighted by Crippen LogP contribution is 2.28. The molecule has 3 heterocycles. The van der Waals surface area contributed by atoms with E-state index in [0.717, 1.165) is 54.1 Å². The lowest BCUT2D eigenvalue weighted by Crippen LogP contribution is -2.38. The molecule has 1 saturated heterocycles. The third-order valence-electron chi connectivity index (χ3n) is 5.60. The molecule has 0 aliphatic carbocycles. The first-order valence-electron chi connectivity index (χ1n) is 9.98. The summed E-state index contributed by atoms with van der Waals surface area (Å²) in [4.78, 5) is 19.3. The molecule has 0 bridgehead atoms. The number of amides is 1. The number of hydrogen-bond acceptors (Lipinski definition) is 4. The van der Waals surface area contributed by atoms with E-state index in [1.807, 2.05) is 54.8 Å². The number of aryl methyl sites for hydroxylation is 1. The van der Waals surface area contributed by atoms with Gasteiger partial charge in [0.05, 0.1) is 19.7 Å². The fraction of sp³-hybridized carbons (Fsp3) is 0.348. The average molecular weight is 390 g/mol. The maximum absolute atomic E-state index is 12.6. The number of rotatable bonds is 5. The summed E-state index contributed by atoms with van der Waals surface area (Å²) in [5.74, 6) is 1.40. The molecule has 0 radical (unpaired) electrons. The Morgan fingerprint density at radius 1 is 1.07 bits per heavy atom. The number of carbonyl (C=O) groups excluding carboxylic acids is 1. The van der Waals surface area contributed by atoms with Crippen molar-refractivity contribution in [2.45, 2.75) is 25.2 Å². The van der Waals surface area contributed by atoms with Crippen molar-refractivity contribution in [2.75, 3.05) is 20.2 Å². The SMILES string of the molecule is COc1ccc(CC(=O)N2CCC(c3ccc(-c4cnn(C)c4)cn3)CC2)cc1. The zero-order valence-electron chi connectivity index (χ0n) is 16.9. The highest BCUT2D eigenvalue weighted by molar-refractivity contribution is 5.79. The molecule has 0 unspecified atom stereocenters. The van der Waals surface area contributed by atoms with Gasteiger partial charge in [-0.25, -0.2) is 0 Å². The van der Waals surface area contributed by atoms with E-state index in [0.29, 0.717) is 12.3 Å². The van der Waals surface area contributed by atoms with Crippen LogP contribution in [0, 0.1) is 0 Å². The van der Waals surface area contributed by atoms with Crippen LogP contribution in [0.2, 0.25) is 0 Å². The van der Waals surface area contributed by atoms with Crippen LogP contribution < -0.4 is 4.74 Å². The summed E-state index contributed by atoms with van der Waals surface area (Å²) in [6.07, 6.45) is 8.11. The summed E-state index contributed by atoms with van der Waals surface area (Å²) in [7, 11) is 3.56. The first kappa shape index (κ1) is 19.2. The Bertz CT molecular complexity index is 955. The minimum absolute atomic E-state index is 0.188. The number of benzene rings is 1. The van der Waals surface area contributed by atoms with E-state index in [1.54, 1.807) is 11.8 Å². The Hall–Kier alpha value is -3.15. The molecule has 3 aromatic rings. The van der Waals surface area contributed by atoms with Gasteiger partial charge in [0, 0.05) is 55.3 Å². The highest BCUT2D eigenvalue weighted by atomic mass is 16.5. The topological polar surface area (TPSA) is 60.2 Å². The molecule has 1 aromatic carbocycles. The molecule has 0 N–H and O–H groups in total. The summed E-state index contributed by atoms with van der Waals surface area (Å²) in [6, 6.07) is 11.9. The van der Waals surface area contributed by atoms with Crippen molar-refractivity contribution in [3.05, 3.63) is 66.2 Å². The predicted octanol–water partition coefficient (Wildman–Crippen LogP) is 3.44. The van der Waals surface area contributed by atoms with Crippen molar-refractivity contribution >= 4 is 5.91 Å². The molecule has 1 fully saturated rings. The molecule has 150 valence electrons. The van der Waals surface area contributed by atoms with Gasteiger partial charge in [-0.1, -0.05) is 18.2 Å². The molecule has 0 atom stereocenters. The number of pyridine rings is 1. The number of piperidine rings is 1. The van der Waals surface area contributed by atoms with E-state index in [-0.39, 0.29) is 5.91 Å². The van der Waals surface area contributed by atoms with Crippen LogP contribution >= 0.6 is 0 Å². The number of likely N-dealkylation sites (tertiary alicyclic amines) is 1. The summed E-state index contributed by atoms with van der Waals surface area (Å²) in [5, 5.41) is 4.21. The van der Waals surface area contributed by atoms with Gasteiger partial charge in [0.1, 0.15) is 5.75 Å². The second-order valence-corrected chi connectivity index (χ2v) is 7.55. The maximum atomic E-state index is 12.6. The van der Waals surface area contributed by atoms with Gasteiger partial charge < -0.3 is 9.64 Å². The van der Waals surface area contributed by atoms with Crippen molar-refractivity contribution in [3.8, 4) is 16.9 Å². The van der Waals surface area contributed by atoms with Crippen LogP contribution in [-0.2, 0) is 18.3 Å². The van der Waals surface area contributed by atoms with Crippen molar-refractivity contribution in [2.24, 2.45) is 7.05 Å². The second-order valence-electron chi connectivity index (χ2n) is 7.55. The quantitative estimate of drug-likeness (QED) is 0.670. The molecule has 0 spiro atoms. The Labute approximate surface area is 171 Å². The van der Waals surface area contributed by atoms with Crippen LogP contribution in [0.5, 0.6) is 5.75 Å². The van der Waals surface area contributed by atoms with Crippen LogP contribution in [-0.4, -0.2) is 45.8 Å². The summed E-state index contributed by atoms with van der Waals surface area (Å²) in [5.41, 5.74) is 4.28. The van der Waals surface area contributed by atoms with Crippen molar-refractivity contribution in [1.29, 1.82) is 0 Å². The Morgan fingerprint density at radius 3 is 2.41 bits per heavy atom. The van der Waals surface area contributed by atoms with E-state index in [2.05, 4.69) is 22.2 Å². The Balaban J connectivity index is 1.32. The van der Waals surface area contributed by atoms with Gasteiger partial charge in [-0.3, -0.25) is 14.5 Å². The lowest BCUT2D eigenvalue weighted by atomic mass is 9.92. The normalized spacial score (nSPS) is 14.8. The van der Waals surface area contributed by atoms with Crippen LogP contribution in [0.25, 0.3) is 11.1 Å². The molecular weight excluding hydrogens is 364 g/mol. The number of hydrogen-bond donors (Lipinski definition) is 0. The van der Waals surface area contributed by atoms with Crippen LogP contribution in [0.1, 0.15) is 30.0 Å². The minimum Gasteiger partial charge on any atom is -0.497 e. The van der Waals surface area contributed by atoms with E-state index >= 15 is 0 Å².